The molecule has 0 fully saturated rings. The van der Waals surface area contributed by atoms with Crippen molar-refractivity contribution in [2.24, 2.45) is 5.10 Å². The third-order valence-corrected chi connectivity index (χ3v) is 6.32. The topological polar surface area (TPSA) is 77.0 Å². The number of benzene rings is 5. The molecule has 8 heteroatoms. The quantitative estimate of drug-likeness (QED) is 0.103. The lowest BCUT2D eigenvalue weighted by Gasteiger charge is -2.11. The van der Waals surface area contributed by atoms with E-state index < -0.39 is 11.9 Å². The number of fused-ring (bicyclic) bond motifs is 2. The maximum atomic E-state index is 12.8. The fraction of sp³-hybridized carbons (Fsp3) is 0.0333. The number of esters is 1. The molecule has 1 amide bonds. The van der Waals surface area contributed by atoms with Crippen LogP contribution in [0.5, 0.6) is 11.5 Å². The van der Waals surface area contributed by atoms with E-state index in [2.05, 4.69) is 10.5 Å². The highest BCUT2D eigenvalue weighted by Crippen LogP contribution is 2.29. The predicted octanol–water partition coefficient (Wildman–Crippen LogP) is 7.05. The standard InChI is InChI=1S/C30H20Cl2N2O4/c31-21-13-14-24(26(32)16-21)30(36)38-28-15-12-20-7-1-3-9-22(20)25(28)17-33-34-29(35)18-37-27-11-5-8-19-6-2-4-10-23(19)27/h1-17H,18H2,(H,34,35)/b33-17+. The molecule has 0 heterocycles. The number of carbonyl (C=O) groups excluding carboxylic acids is 2. The summed E-state index contributed by atoms with van der Waals surface area (Å²) < 4.78 is 11.4. The van der Waals surface area contributed by atoms with Gasteiger partial charge in [0.25, 0.3) is 5.91 Å². The highest BCUT2D eigenvalue weighted by Gasteiger charge is 2.16. The SMILES string of the molecule is O=C(COc1cccc2ccccc12)N/N=C/c1c(OC(=O)c2ccc(Cl)cc2Cl)ccc2ccccc12. The van der Waals surface area contributed by atoms with Crippen molar-refractivity contribution in [2.75, 3.05) is 6.61 Å². The van der Waals surface area contributed by atoms with Crippen LogP contribution in [0.1, 0.15) is 15.9 Å². The van der Waals surface area contributed by atoms with Gasteiger partial charge in [0.2, 0.25) is 0 Å². The zero-order valence-corrected chi connectivity index (χ0v) is 21.4. The van der Waals surface area contributed by atoms with Crippen molar-refractivity contribution in [3.05, 3.63) is 118 Å². The molecule has 0 bridgehead atoms. The van der Waals surface area contributed by atoms with Crippen molar-refractivity contribution in [1.82, 2.24) is 5.43 Å². The first-order valence-corrected chi connectivity index (χ1v) is 12.4. The molecule has 5 aromatic rings. The summed E-state index contributed by atoms with van der Waals surface area (Å²) in [4.78, 5) is 25.3. The van der Waals surface area contributed by atoms with Crippen molar-refractivity contribution < 1.29 is 19.1 Å². The Morgan fingerprint density at radius 3 is 2.29 bits per heavy atom. The molecule has 0 radical (unpaired) electrons. The average Bonchev–Trinajstić information content (AvgIpc) is 2.92. The number of hydrazone groups is 1. The number of carbonyl (C=O) groups is 2. The van der Waals surface area contributed by atoms with Crippen molar-refractivity contribution in [3.8, 4) is 11.5 Å². The summed E-state index contributed by atoms with van der Waals surface area (Å²) in [7, 11) is 0. The second kappa shape index (κ2) is 11.3. The first-order chi connectivity index (χ1) is 18.5. The van der Waals surface area contributed by atoms with Crippen LogP contribution >= 0.6 is 23.2 Å². The van der Waals surface area contributed by atoms with Crippen LogP contribution in [0.2, 0.25) is 10.0 Å². The Balaban J connectivity index is 1.33. The smallest absolute Gasteiger partial charge is 0.345 e. The number of rotatable bonds is 7. The van der Waals surface area contributed by atoms with E-state index in [-0.39, 0.29) is 22.9 Å². The second-order valence-corrected chi connectivity index (χ2v) is 9.11. The number of amides is 1. The number of hydrogen-bond donors (Lipinski definition) is 1. The normalized spacial score (nSPS) is 11.1. The molecular weight excluding hydrogens is 523 g/mol. The van der Waals surface area contributed by atoms with Crippen LogP contribution < -0.4 is 14.9 Å². The van der Waals surface area contributed by atoms with Gasteiger partial charge in [-0.25, -0.2) is 10.2 Å². The van der Waals surface area contributed by atoms with Gasteiger partial charge in [-0.05, 0) is 46.5 Å². The van der Waals surface area contributed by atoms with E-state index in [1.54, 1.807) is 12.1 Å². The fourth-order valence-electron chi connectivity index (χ4n) is 3.97. The molecule has 188 valence electrons. The van der Waals surface area contributed by atoms with Crippen molar-refractivity contribution in [2.45, 2.75) is 0 Å². The highest BCUT2D eigenvalue weighted by atomic mass is 35.5. The summed E-state index contributed by atoms with van der Waals surface area (Å²) in [5.74, 6) is -0.235. The van der Waals surface area contributed by atoms with Crippen molar-refractivity contribution in [1.29, 1.82) is 0 Å². The van der Waals surface area contributed by atoms with Gasteiger partial charge < -0.3 is 9.47 Å². The van der Waals surface area contributed by atoms with Crippen molar-refractivity contribution >= 4 is 62.8 Å². The zero-order valence-electron chi connectivity index (χ0n) is 19.9. The van der Waals surface area contributed by atoms with Gasteiger partial charge in [0.15, 0.2) is 6.61 Å². The largest absolute Gasteiger partial charge is 0.483 e. The van der Waals surface area contributed by atoms with Gasteiger partial charge >= 0.3 is 5.97 Å². The lowest BCUT2D eigenvalue weighted by atomic mass is 10.0. The van der Waals surface area contributed by atoms with Gasteiger partial charge in [0.05, 0.1) is 16.8 Å². The molecule has 0 aromatic heterocycles. The second-order valence-electron chi connectivity index (χ2n) is 8.27. The number of nitrogens with zero attached hydrogens (tertiary/aromatic N) is 1. The third kappa shape index (κ3) is 5.62. The molecule has 5 aromatic carbocycles. The first kappa shape index (κ1) is 25.3. The Hall–Kier alpha value is -4.39. The average molecular weight is 543 g/mol. The summed E-state index contributed by atoms with van der Waals surface area (Å²) >= 11 is 12.1. The molecule has 0 aliphatic rings. The molecule has 0 spiro atoms. The summed E-state index contributed by atoms with van der Waals surface area (Å²) in [6.45, 7) is -0.224. The zero-order chi connectivity index (χ0) is 26.5. The summed E-state index contributed by atoms with van der Waals surface area (Å²) in [5, 5.41) is 8.30. The molecule has 1 N–H and O–H groups in total. The molecule has 0 atom stereocenters. The maximum absolute atomic E-state index is 12.8. The van der Waals surface area contributed by atoms with Crippen LogP contribution in [0.15, 0.2) is 102 Å². The van der Waals surface area contributed by atoms with E-state index in [1.807, 2.05) is 72.8 Å². The number of nitrogens with one attached hydrogen (secondary N) is 1. The van der Waals surface area contributed by atoms with Crippen LogP contribution in [0, 0.1) is 0 Å². The Kier molecular flexibility index (Phi) is 7.54. The minimum atomic E-state index is -0.649. The molecule has 5 rings (SSSR count). The van der Waals surface area contributed by atoms with Crippen LogP contribution in [0.4, 0.5) is 0 Å². The van der Waals surface area contributed by atoms with E-state index in [1.165, 1.54) is 18.3 Å². The van der Waals surface area contributed by atoms with Gasteiger partial charge in [-0.1, -0.05) is 89.9 Å². The van der Waals surface area contributed by atoms with Gasteiger partial charge in [0.1, 0.15) is 11.5 Å². The van der Waals surface area contributed by atoms with Crippen LogP contribution in [0.3, 0.4) is 0 Å². The summed E-state index contributed by atoms with van der Waals surface area (Å²) in [6, 6.07) is 29.0. The van der Waals surface area contributed by atoms with Gasteiger partial charge in [0, 0.05) is 16.0 Å². The Bertz CT molecular complexity index is 1700. The van der Waals surface area contributed by atoms with Gasteiger partial charge in [-0.2, -0.15) is 5.10 Å². The number of hydrogen-bond acceptors (Lipinski definition) is 5. The van der Waals surface area contributed by atoms with Gasteiger partial charge in [-0.15, -0.1) is 0 Å². The van der Waals surface area contributed by atoms with Gasteiger partial charge in [-0.3, -0.25) is 4.79 Å². The van der Waals surface area contributed by atoms with E-state index in [4.69, 9.17) is 32.7 Å². The fourth-order valence-corrected chi connectivity index (χ4v) is 4.46. The Morgan fingerprint density at radius 2 is 1.50 bits per heavy atom. The lowest BCUT2D eigenvalue weighted by Crippen LogP contribution is -2.24. The molecule has 0 saturated heterocycles. The van der Waals surface area contributed by atoms with Crippen LogP contribution in [-0.4, -0.2) is 24.7 Å². The molecular formula is C30H20Cl2N2O4. The van der Waals surface area contributed by atoms with Crippen LogP contribution in [-0.2, 0) is 4.79 Å². The summed E-state index contributed by atoms with van der Waals surface area (Å²) in [5.41, 5.74) is 3.15. The summed E-state index contributed by atoms with van der Waals surface area (Å²) in [6.07, 6.45) is 1.43. The monoisotopic (exact) mass is 542 g/mol. The lowest BCUT2D eigenvalue weighted by molar-refractivity contribution is -0.123. The van der Waals surface area contributed by atoms with Crippen LogP contribution in [0.25, 0.3) is 21.5 Å². The van der Waals surface area contributed by atoms with E-state index in [9.17, 15) is 9.59 Å². The molecule has 0 saturated carbocycles. The first-order valence-electron chi connectivity index (χ1n) is 11.6. The third-order valence-electron chi connectivity index (χ3n) is 5.78. The molecule has 38 heavy (non-hydrogen) atoms. The molecule has 6 nitrogen and oxygen atoms in total. The highest BCUT2D eigenvalue weighted by molar-refractivity contribution is 6.36. The minimum Gasteiger partial charge on any atom is -0.483 e. The number of ether oxygens (including phenoxy) is 2. The Morgan fingerprint density at radius 1 is 0.789 bits per heavy atom. The van der Waals surface area contributed by atoms with E-state index >= 15 is 0 Å². The number of halogens is 2. The van der Waals surface area contributed by atoms with E-state index in [0.717, 1.165) is 21.5 Å². The maximum Gasteiger partial charge on any atom is 0.345 e. The van der Waals surface area contributed by atoms with E-state index in [0.29, 0.717) is 16.3 Å². The minimum absolute atomic E-state index is 0.172. The Labute approximate surface area is 228 Å². The molecule has 0 unspecified atom stereocenters. The van der Waals surface area contributed by atoms with Crippen molar-refractivity contribution in [3.63, 3.8) is 0 Å². The predicted molar refractivity (Wildman–Crippen MR) is 151 cm³/mol. The molecule has 0 aliphatic heterocycles. The molecule has 0 aliphatic carbocycles.